The molecule has 0 saturated heterocycles. The molecule has 7 heteroatoms. The van der Waals surface area contributed by atoms with Crippen molar-refractivity contribution in [1.82, 2.24) is 9.78 Å². The van der Waals surface area contributed by atoms with Crippen molar-refractivity contribution in [3.05, 3.63) is 76.6 Å². The Labute approximate surface area is 177 Å². The Morgan fingerprint density at radius 3 is 2.67 bits per heavy atom. The Kier molecular flexibility index (Phi) is 5.66. The molecule has 1 aliphatic carbocycles. The van der Waals surface area contributed by atoms with Crippen LogP contribution in [0.5, 0.6) is 5.75 Å². The van der Waals surface area contributed by atoms with E-state index in [9.17, 15) is 13.5 Å². The minimum atomic E-state index is -3.43. The molecule has 6 nitrogen and oxygen atoms in total. The standard InChI is InChI=1S/C23H26N2O4S/c1-16-21(14-26)13-25(24-16)12-17-7-8-19-10-18(11-20(19)9-17)15-30(27,28)23-6-4-3-5-22(23)29-2/h3-9,13,18,26H,10-12,14-15H2,1-2H3/t18-/m0/s1. The van der Waals surface area contributed by atoms with Crippen molar-refractivity contribution >= 4 is 9.84 Å². The lowest BCUT2D eigenvalue weighted by atomic mass is 10.1. The van der Waals surface area contributed by atoms with E-state index < -0.39 is 9.84 Å². The smallest absolute Gasteiger partial charge is 0.182 e. The Balaban J connectivity index is 1.48. The van der Waals surface area contributed by atoms with Gasteiger partial charge in [-0.25, -0.2) is 8.42 Å². The van der Waals surface area contributed by atoms with Crippen LogP contribution in [0.3, 0.4) is 0 Å². The second-order valence-electron chi connectivity index (χ2n) is 7.91. The number of benzene rings is 2. The zero-order chi connectivity index (χ0) is 21.3. The molecule has 3 aromatic rings. The van der Waals surface area contributed by atoms with Crippen LogP contribution in [-0.2, 0) is 35.8 Å². The fraction of sp³-hybridized carbons (Fsp3) is 0.348. The SMILES string of the molecule is COc1ccccc1S(=O)(=O)C[C@H]1Cc2ccc(Cn3cc(CO)c(C)n3)cc2C1. The number of fused-ring (bicyclic) bond motifs is 1. The molecule has 2 aromatic carbocycles. The van der Waals surface area contributed by atoms with Gasteiger partial charge in [-0.3, -0.25) is 4.68 Å². The molecular formula is C23H26N2O4S. The minimum absolute atomic E-state index is 0.0155. The molecule has 0 fully saturated rings. The van der Waals surface area contributed by atoms with Crippen molar-refractivity contribution in [2.45, 2.75) is 37.8 Å². The lowest BCUT2D eigenvalue weighted by molar-refractivity contribution is 0.281. The third kappa shape index (κ3) is 4.13. The van der Waals surface area contributed by atoms with E-state index in [1.165, 1.54) is 18.2 Å². The van der Waals surface area contributed by atoms with E-state index in [4.69, 9.17) is 4.74 Å². The number of hydrogen-bond acceptors (Lipinski definition) is 5. The van der Waals surface area contributed by atoms with Gasteiger partial charge in [0.25, 0.3) is 0 Å². The number of methoxy groups -OCH3 is 1. The molecule has 0 bridgehead atoms. The van der Waals surface area contributed by atoms with Crippen molar-refractivity contribution < 1.29 is 18.3 Å². The average Bonchev–Trinajstić information content (AvgIpc) is 3.28. The molecule has 0 radical (unpaired) electrons. The molecule has 30 heavy (non-hydrogen) atoms. The fourth-order valence-corrected chi connectivity index (χ4v) is 6.02. The summed E-state index contributed by atoms with van der Waals surface area (Å²) in [5, 5.41) is 13.8. The number of aromatic nitrogens is 2. The summed E-state index contributed by atoms with van der Waals surface area (Å²) in [5.41, 5.74) is 5.21. The molecule has 158 valence electrons. The topological polar surface area (TPSA) is 81.4 Å². The van der Waals surface area contributed by atoms with Gasteiger partial charge in [0, 0.05) is 11.8 Å². The number of aryl methyl sites for hydroxylation is 1. The van der Waals surface area contributed by atoms with Crippen molar-refractivity contribution in [2.24, 2.45) is 5.92 Å². The minimum Gasteiger partial charge on any atom is -0.495 e. The highest BCUT2D eigenvalue weighted by atomic mass is 32.2. The predicted molar refractivity (Wildman–Crippen MR) is 114 cm³/mol. The maximum Gasteiger partial charge on any atom is 0.182 e. The maximum absolute atomic E-state index is 13.0. The van der Waals surface area contributed by atoms with Crippen LogP contribution in [0.2, 0.25) is 0 Å². The summed E-state index contributed by atoms with van der Waals surface area (Å²) in [6.07, 6.45) is 3.38. The van der Waals surface area contributed by atoms with E-state index in [0.717, 1.165) is 29.7 Å². The van der Waals surface area contributed by atoms with Gasteiger partial charge in [-0.05, 0) is 54.5 Å². The molecule has 0 unspecified atom stereocenters. The zero-order valence-corrected chi connectivity index (χ0v) is 18.0. The molecule has 0 amide bonds. The summed E-state index contributed by atoms with van der Waals surface area (Å²) in [7, 11) is -1.94. The number of sulfone groups is 1. The number of aliphatic hydroxyl groups is 1. The largest absolute Gasteiger partial charge is 0.495 e. The Morgan fingerprint density at radius 1 is 1.17 bits per heavy atom. The summed E-state index contributed by atoms with van der Waals surface area (Å²) in [4.78, 5) is 0.262. The summed E-state index contributed by atoms with van der Waals surface area (Å²) >= 11 is 0. The van der Waals surface area contributed by atoms with Crippen LogP contribution in [0.15, 0.2) is 53.6 Å². The van der Waals surface area contributed by atoms with Gasteiger partial charge in [-0.1, -0.05) is 30.3 Å². The molecule has 0 saturated carbocycles. The van der Waals surface area contributed by atoms with Crippen LogP contribution >= 0.6 is 0 Å². The van der Waals surface area contributed by atoms with Crippen molar-refractivity contribution in [3.63, 3.8) is 0 Å². The first kappa shape index (κ1) is 20.6. The number of rotatable bonds is 7. The van der Waals surface area contributed by atoms with Crippen molar-refractivity contribution in [2.75, 3.05) is 12.9 Å². The van der Waals surface area contributed by atoms with Crippen LogP contribution in [0.1, 0.15) is 27.9 Å². The van der Waals surface area contributed by atoms with Gasteiger partial charge in [-0.15, -0.1) is 0 Å². The fourth-order valence-electron chi connectivity index (χ4n) is 4.24. The highest BCUT2D eigenvalue weighted by molar-refractivity contribution is 7.91. The normalized spacial score (nSPS) is 15.9. The summed E-state index contributed by atoms with van der Waals surface area (Å²) in [6.45, 7) is 2.49. The van der Waals surface area contributed by atoms with E-state index in [1.807, 2.05) is 17.8 Å². The second kappa shape index (κ2) is 8.24. The Morgan fingerprint density at radius 2 is 1.93 bits per heavy atom. The molecular weight excluding hydrogens is 400 g/mol. The molecule has 1 aliphatic rings. The maximum atomic E-state index is 13.0. The predicted octanol–water partition coefficient (Wildman–Crippen LogP) is 2.93. The molecule has 0 aliphatic heterocycles. The monoisotopic (exact) mass is 426 g/mol. The van der Waals surface area contributed by atoms with Gasteiger partial charge in [0.15, 0.2) is 9.84 Å². The molecule has 0 spiro atoms. The van der Waals surface area contributed by atoms with Gasteiger partial charge >= 0.3 is 0 Å². The van der Waals surface area contributed by atoms with Gasteiger partial charge in [0.05, 0.1) is 31.7 Å². The van der Waals surface area contributed by atoms with E-state index in [-0.39, 0.29) is 23.2 Å². The first-order valence-electron chi connectivity index (χ1n) is 10.00. The number of aliphatic hydroxyl groups excluding tert-OH is 1. The van der Waals surface area contributed by atoms with E-state index in [0.29, 0.717) is 12.3 Å². The van der Waals surface area contributed by atoms with Crippen LogP contribution < -0.4 is 4.74 Å². The molecule has 1 atom stereocenters. The van der Waals surface area contributed by atoms with E-state index in [2.05, 4.69) is 23.3 Å². The lowest BCUT2D eigenvalue weighted by Gasteiger charge is -2.12. The van der Waals surface area contributed by atoms with E-state index >= 15 is 0 Å². The van der Waals surface area contributed by atoms with Crippen LogP contribution in [0.25, 0.3) is 0 Å². The number of para-hydroxylation sites is 1. The third-order valence-electron chi connectivity index (χ3n) is 5.71. The number of hydrogen-bond donors (Lipinski definition) is 1. The first-order valence-corrected chi connectivity index (χ1v) is 11.6. The number of ether oxygens (including phenoxy) is 1. The highest BCUT2D eigenvalue weighted by Gasteiger charge is 2.29. The van der Waals surface area contributed by atoms with Gasteiger partial charge in [0.2, 0.25) is 0 Å². The van der Waals surface area contributed by atoms with Crippen LogP contribution in [-0.4, -0.2) is 36.2 Å². The highest BCUT2D eigenvalue weighted by Crippen LogP contribution is 2.32. The Hall–Kier alpha value is -2.64. The molecule has 1 N–H and O–H groups in total. The molecule has 1 aromatic heterocycles. The third-order valence-corrected chi connectivity index (χ3v) is 7.63. The van der Waals surface area contributed by atoms with Gasteiger partial charge in [-0.2, -0.15) is 5.10 Å². The van der Waals surface area contributed by atoms with Crippen LogP contribution in [0.4, 0.5) is 0 Å². The molecule has 1 heterocycles. The van der Waals surface area contributed by atoms with E-state index in [1.54, 1.807) is 24.3 Å². The average molecular weight is 427 g/mol. The van der Waals surface area contributed by atoms with Crippen molar-refractivity contribution in [1.29, 1.82) is 0 Å². The first-order chi connectivity index (χ1) is 14.4. The summed E-state index contributed by atoms with van der Waals surface area (Å²) in [5.74, 6) is 0.556. The lowest BCUT2D eigenvalue weighted by Crippen LogP contribution is -2.17. The number of nitrogens with zero attached hydrogens (tertiary/aromatic N) is 2. The Bertz CT molecular complexity index is 1170. The van der Waals surface area contributed by atoms with Crippen molar-refractivity contribution in [3.8, 4) is 5.75 Å². The van der Waals surface area contributed by atoms with Crippen LogP contribution in [0, 0.1) is 12.8 Å². The van der Waals surface area contributed by atoms with Gasteiger partial charge in [0.1, 0.15) is 10.6 Å². The summed E-state index contributed by atoms with van der Waals surface area (Å²) < 4.78 is 33.0. The summed E-state index contributed by atoms with van der Waals surface area (Å²) in [6, 6.07) is 13.1. The second-order valence-corrected chi connectivity index (χ2v) is 9.91. The zero-order valence-electron chi connectivity index (χ0n) is 17.2. The molecule has 4 rings (SSSR count). The van der Waals surface area contributed by atoms with Gasteiger partial charge < -0.3 is 9.84 Å². The quantitative estimate of drug-likeness (QED) is 0.628.